The van der Waals surface area contributed by atoms with Crippen LogP contribution in [-0.2, 0) is 6.54 Å². The van der Waals surface area contributed by atoms with Crippen LogP contribution in [0, 0.1) is 6.92 Å². The molecule has 3 aromatic heterocycles. The number of imidazole rings is 1. The molecule has 134 valence electrons. The van der Waals surface area contributed by atoms with Gasteiger partial charge in [-0.25, -0.2) is 19.9 Å². The summed E-state index contributed by atoms with van der Waals surface area (Å²) in [5, 5.41) is 3.22. The van der Waals surface area contributed by atoms with E-state index in [0.29, 0.717) is 5.82 Å². The molecule has 0 amide bonds. The Kier molecular flexibility index (Phi) is 4.83. The molecule has 0 aliphatic carbocycles. The van der Waals surface area contributed by atoms with Crippen molar-refractivity contribution in [3.8, 4) is 0 Å². The Labute approximate surface area is 152 Å². The lowest BCUT2D eigenvalue weighted by atomic mass is 9.99. The number of hydrogen-bond acceptors (Lipinski definition) is 7. The highest BCUT2D eigenvalue weighted by atomic mass is 15.2. The molecule has 0 spiro atoms. The Morgan fingerprint density at radius 1 is 1.15 bits per heavy atom. The molecule has 8 heteroatoms. The number of aromatic amines is 1. The van der Waals surface area contributed by atoms with Crippen LogP contribution in [0.25, 0.3) is 0 Å². The van der Waals surface area contributed by atoms with E-state index < -0.39 is 0 Å². The number of hydrogen-bond donors (Lipinski definition) is 2. The second kappa shape index (κ2) is 7.57. The van der Waals surface area contributed by atoms with Crippen molar-refractivity contribution in [2.45, 2.75) is 38.8 Å². The Hall–Kier alpha value is -2.87. The number of rotatable bonds is 5. The van der Waals surface area contributed by atoms with Crippen LogP contribution >= 0.6 is 0 Å². The quantitative estimate of drug-likeness (QED) is 0.730. The minimum Gasteiger partial charge on any atom is -0.348 e. The fourth-order valence-corrected chi connectivity index (χ4v) is 3.41. The van der Waals surface area contributed by atoms with E-state index in [9.17, 15) is 0 Å². The van der Waals surface area contributed by atoms with E-state index in [4.69, 9.17) is 4.98 Å². The monoisotopic (exact) mass is 350 g/mol. The van der Waals surface area contributed by atoms with Crippen molar-refractivity contribution in [2.75, 3.05) is 11.9 Å². The zero-order valence-electron chi connectivity index (χ0n) is 14.8. The molecule has 0 saturated carbocycles. The molecule has 1 saturated heterocycles. The largest absolute Gasteiger partial charge is 0.348 e. The van der Waals surface area contributed by atoms with E-state index in [0.717, 1.165) is 42.7 Å². The Morgan fingerprint density at radius 3 is 2.92 bits per heavy atom. The summed E-state index contributed by atoms with van der Waals surface area (Å²) in [5.74, 6) is 3.15. The molecule has 0 aromatic carbocycles. The lowest BCUT2D eigenvalue weighted by molar-refractivity contribution is 0.134. The first-order valence-corrected chi connectivity index (χ1v) is 8.89. The molecule has 1 atom stereocenters. The zero-order valence-corrected chi connectivity index (χ0v) is 14.8. The highest BCUT2D eigenvalue weighted by Gasteiger charge is 2.26. The SMILES string of the molecule is Cc1nc(Nc2cnccn2)cc([C@H]2CCCCN2Cc2ncc[nH]2)n1. The van der Waals surface area contributed by atoms with Crippen molar-refractivity contribution in [1.29, 1.82) is 0 Å². The number of likely N-dealkylation sites (tertiary alicyclic amines) is 1. The summed E-state index contributed by atoms with van der Waals surface area (Å²) in [6, 6.07) is 2.28. The van der Waals surface area contributed by atoms with Gasteiger partial charge in [-0.2, -0.15) is 0 Å². The fourth-order valence-electron chi connectivity index (χ4n) is 3.41. The molecule has 8 nitrogen and oxygen atoms in total. The van der Waals surface area contributed by atoms with Gasteiger partial charge < -0.3 is 10.3 Å². The van der Waals surface area contributed by atoms with Crippen LogP contribution in [0.4, 0.5) is 11.6 Å². The zero-order chi connectivity index (χ0) is 17.8. The third-order valence-electron chi connectivity index (χ3n) is 4.54. The summed E-state index contributed by atoms with van der Waals surface area (Å²) < 4.78 is 0. The van der Waals surface area contributed by atoms with Crippen LogP contribution in [-0.4, -0.2) is 41.3 Å². The molecule has 2 N–H and O–H groups in total. The van der Waals surface area contributed by atoms with Crippen LogP contribution in [0.15, 0.2) is 37.1 Å². The molecule has 1 aliphatic heterocycles. The van der Waals surface area contributed by atoms with Crippen molar-refractivity contribution in [1.82, 2.24) is 34.8 Å². The normalized spacial score (nSPS) is 18.0. The van der Waals surface area contributed by atoms with Crippen molar-refractivity contribution in [3.63, 3.8) is 0 Å². The Bertz CT molecular complexity index is 834. The number of piperidine rings is 1. The van der Waals surface area contributed by atoms with Gasteiger partial charge in [0.2, 0.25) is 0 Å². The van der Waals surface area contributed by atoms with Crippen LogP contribution in [0.1, 0.15) is 42.6 Å². The average molecular weight is 350 g/mol. The number of nitrogens with zero attached hydrogens (tertiary/aromatic N) is 6. The molecule has 26 heavy (non-hydrogen) atoms. The number of nitrogens with one attached hydrogen (secondary N) is 2. The van der Waals surface area contributed by atoms with Gasteiger partial charge in [0, 0.05) is 30.9 Å². The maximum absolute atomic E-state index is 4.72. The van der Waals surface area contributed by atoms with Crippen LogP contribution in [0.5, 0.6) is 0 Å². The molecule has 1 aliphatic rings. The number of H-pyrrole nitrogens is 1. The summed E-state index contributed by atoms with van der Waals surface area (Å²) in [4.78, 5) is 27.6. The van der Waals surface area contributed by atoms with Crippen molar-refractivity contribution in [2.24, 2.45) is 0 Å². The van der Waals surface area contributed by atoms with E-state index in [1.54, 1.807) is 24.8 Å². The topological polar surface area (TPSA) is 95.5 Å². The molecular formula is C18H22N8. The second-order valence-electron chi connectivity index (χ2n) is 6.46. The summed E-state index contributed by atoms with van der Waals surface area (Å²) in [5.41, 5.74) is 1.04. The maximum Gasteiger partial charge on any atom is 0.150 e. The minimum absolute atomic E-state index is 0.262. The van der Waals surface area contributed by atoms with Gasteiger partial charge in [0.15, 0.2) is 0 Å². The molecule has 1 fully saturated rings. The molecule has 4 heterocycles. The molecular weight excluding hydrogens is 328 g/mol. The number of anilines is 2. The van der Waals surface area contributed by atoms with Crippen LogP contribution in [0.3, 0.4) is 0 Å². The van der Waals surface area contributed by atoms with Crippen molar-refractivity contribution >= 4 is 11.6 Å². The lowest BCUT2D eigenvalue weighted by Crippen LogP contribution is -2.34. The smallest absolute Gasteiger partial charge is 0.150 e. The summed E-state index contributed by atoms with van der Waals surface area (Å²) >= 11 is 0. The Balaban J connectivity index is 1.58. The fraction of sp³-hybridized carbons (Fsp3) is 0.389. The molecule has 3 aromatic rings. The van der Waals surface area contributed by atoms with Gasteiger partial charge in [0.25, 0.3) is 0 Å². The molecule has 0 bridgehead atoms. The second-order valence-corrected chi connectivity index (χ2v) is 6.46. The maximum atomic E-state index is 4.72. The first-order chi connectivity index (χ1) is 12.8. The predicted octanol–water partition coefficient (Wildman–Crippen LogP) is 2.77. The van der Waals surface area contributed by atoms with Gasteiger partial charge in [0.05, 0.1) is 24.5 Å². The van der Waals surface area contributed by atoms with Crippen LogP contribution < -0.4 is 5.32 Å². The van der Waals surface area contributed by atoms with Crippen LogP contribution in [0.2, 0.25) is 0 Å². The number of aryl methyl sites for hydroxylation is 1. The van der Waals surface area contributed by atoms with E-state index in [2.05, 4.69) is 35.1 Å². The molecule has 0 radical (unpaired) electrons. The van der Waals surface area contributed by atoms with E-state index >= 15 is 0 Å². The van der Waals surface area contributed by atoms with E-state index in [-0.39, 0.29) is 6.04 Å². The molecule has 0 unspecified atom stereocenters. The van der Waals surface area contributed by atoms with Gasteiger partial charge in [0.1, 0.15) is 23.3 Å². The average Bonchev–Trinajstić information content (AvgIpc) is 3.16. The highest BCUT2D eigenvalue weighted by Crippen LogP contribution is 2.31. The minimum atomic E-state index is 0.262. The van der Waals surface area contributed by atoms with Crippen molar-refractivity contribution < 1.29 is 0 Å². The highest BCUT2D eigenvalue weighted by molar-refractivity contribution is 5.50. The van der Waals surface area contributed by atoms with E-state index in [1.165, 1.54) is 12.8 Å². The number of aromatic nitrogens is 6. The van der Waals surface area contributed by atoms with Gasteiger partial charge in [-0.15, -0.1) is 0 Å². The van der Waals surface area contributed by atoms with Gasteiger partial charge in [-0.3, -0.25) is 9.88 Å². The van der Waals surface area contributed by atoms with Crippen molar-refractivity contribution in [3.05, 3.63) is 54.4 Å². The summed E-state index contributed by atoms with van der Waals surface area (Å²) in [7, 11) is 0. The first kappa shape index (κ1) is 16.6. The Morgan fingerprint density at radius 2 is 2.12 bits per heavy atom. The van der Waals surface area contributed by atoms with Gasteiger partial charge in [-0.1, -0.05) is 6.42 Å². The first-order valence-electron chi connectivity index (χ1n) is 8.89. The van der Waals surface area contributed by atoms with Gasteiger partial charge in [-0.05, 0) is 26.3 Å². The van der Waals surface area contributed by atoms with Gasteiger partial charge >= 0.3 is 0 Å². The standard InChI is InChI=1S/C18H22N8/c1-13-23-14(10-16(24-13)25-17-11-19-5-6-20-17)15-4-2-3-9-26(15)12-18-21-7-8-22-18/h5-8,10-11,15H,2-4,9,12H2,1H3,(H,21,22)(H,20,23,24,25)/t15-/m1/s1. The lowest BCUT2D eigenvalue weighted by Gasteiger charge is -2.34. The predicted molar refractivity (Wildman–Crippen MR) is 97.7 cm³/mol. The summed E-state index contributed by atoms with van der Waals surface area (Å²) in [6.07, 6.45) is 12.1. The van der Waals surface area contributed by atoms with E-state index in [1.807, 2.05) is 19.2 Å². The third-order valence-corrected chi connectivity index (χ3v) is 4.54. The molecule has 4 rings (SSSR count). The summed E-state index contributed by atoms with van der Waals surface area (Å²) in [6.45, 7) is 3.76. The third kappa shape index (κ3) is 3.85.